The van der Waals surface area contributed by atoms with E-state index in [0.717, 1.165) is 0 Å². The molecular weight excluding hydrogens is 572 g/mol. The van der Waals surface area contributed by atoms with Gasteiger partial charge in [-0.1, -0.05) is 6.07 Å². The Kier molecular flexibility index (Phi) is 9.42. The van der Waals surface area contributed by atoms with E-state index in [1.807, 2.05) is 0 Å². The van der Waals surface area contributed by atoms with Crippen molar-refractivity contribution in [3.8, 4) is 0 Å². The topological polar surface area (TPSA) is 92.9 Å². The van der Waals surface area contributed by atoms with Crippen LogP contribution in [0.2, 0.25) is 0 Å². The van der Waals surface area contributed by atoms with Crippen LogP contribution in [0.25, 0.3) is 11.0 Å². The van der Waals surface area contributed by atoms with E-state index in [-0.39, 0.29) is 31.6 Å². The molecule has 0 saturated heterocycles. The molecule has 1 aliphatic carbocycles. The molecule has 0 unspecified atom stereocenters. The third kappa shape index (κ3) is 8.21. The van der Waals surface area contributed by atoms with Gasteiger partial charge in [0, 0.05) is 30.6 Å². The Hall–Kier alpha value is -2.13. The number of halogens is 8. The van der Waals surface area contributed by atoms with Gasteiger partial charge in [0.05, 0.1) is 17.1 Å². The molecule has 1 aromatic heterocycles. The summed E-state index contributed by atoms with van der Waals surface area (Å²) >= 11 is -1.55. The molecule has 1 fully saturated rings. The standard InChI is InChI=1S/C25H32F8N4O2S/c1-13(34-19(38)12-18(24(28,29)30)25(31,32)33)15-5-6-16-17(11-15)36-21(35-16)20(37-40(39)22(2,3)4)14-7-9-23(26,27)10-8-14/h5-6,11,13-14,18,20,37H,7-10,12H2,1-4H3,(H,34,38)(H,35,36)/t13-,20+,40-/m1/s1. The van der Waals surface area contributed by atoms with Crippen molar-refractivity contribution < 1.29 is 44.5 Å². The van der Waals surface area contributed by atoms with Gasteiger partial charge in [-0.25, -0.2) is 13.8 Å². The van der Waals surface area contributed by atoms with Crippen LogP contribution in [0.1, 0.15) is 83.3 Å². The highest BCUT2D eigenvalue weighted by atomic mass is 32.2. The molecule has 3 rings (SSSR count). The molecule has 2 aromatic rings. The molecule has 1 amide bonds. The lowest BCUT2D eigenvalue weighted by Crippen LogP contribution is -2.44. The molecule has 3 N–H and O–H groups in total. The summed E-state index contributed by atoms with van der Waals surface area (Å²) < 4.78 is 120. The summed E-state index contributed by atoms with van der Waals surface area (Å²) in [7, 11) is 0. The number of aromatic nitrogens is 2. The van der Waals surface area contributed by atoms with Gasteiger partial charge in [-0.05, 0) is 64.2 Å². The normalized spacial score (nSPS) is 19.6. The first kappa shape index (κ1) is 32.4. The van der Waals surface area contributed by atoms with Gasteiger partial charge in [0.15, 0.2) is 5.92 Å². The van der Waals surface area contributed by atoms with Gasteiger partial charge >= 0.3 is 12.4 Å². The number of rotatable bonds is 8. The van der Waals surface area contributed by atoms with E-state index in [4.69, 9.17) is 0 Å². The fourth-order valence-electron chi connectivity index (χ4n) is 4.51. The van der Waals surface area contributed by atoms with Crippen molar-refractivity contribution in [1.29, 1.82) is 0 Å². The number of nitrogens with zero attached hydrogens (tertiary/aromatic N) is 1. The highest BCUT2D eigenvalue weighted by molar-refractivity contribution is 7.90. The van der Waals surface area contributed by atoms with E-state index in [2.05, 4.69) is 20.0 Å². The summed E-state index contributed by atoms with van der Waals surface area (Å²) in [4.78, 5) is 19.7. The van der Waals surface area contributed by atoms with Crippen molar-refractivity contribution in [2.45, 2.75) is 94.9 Å². The highest BCUT2D eigenvalue weighted by Gasteiger charge is 2.57. The molecule has 1 aliphatic rings. The van der Waals surface area contributed by atoms with Crippen LogP contribution in [0.4, 0.5) is 35.1 Å². The first-order valence-electron chi connectivity index (χ1n) is 12.7. The van der Waals surface area contributed by atoms with Crippen LogP contribution in [0.15, 0.2) is 18.2 Å². The van der Waals surface area contributed by atoms with Gasteiger partial charge in [-0.2, -0.15) is 26.3 Å². The van der Waals surface area contributed by atoms with Crippen LogP contribution in [0.3, 0.4) is 0 Å². The predicted molar refractivity (Wildman–Crippen MR) is 134 cm³/mol. The molecule has 1 heterocycles. The average molecular weight is 605 g/mol. The van der Waals surface area contributed by atoms with E-state index >= 15 is 0 Å². The molecule has 226 valence electrons. The Bertz CT molecular complexity index is 1150. The lowest BCUT2D eigenvalue weighted by molar-refractivity contribution is -0.284. The Morgan fingerprint density at radius 1 is 1.12 bits per heavy atom. The van der Waals surface area contributed by atoms with Crippen LogP contribution < -0.4 is 10.0 Å². The maximum atomic E-state index is 13.8. The molecule has 40 heavy (non-hydrogen) atoms. The molecule has 1 saturated carbocycles. The molecule has 0 spiro atoms. The van der Waals surface area contributed by atoms with Crippen LogP contribution in [-0.4, -0.2) is 43.5 Å². The lowest BCUT2D eigenvalue weighted by atomic mass is 9.82. The van der Waals surface area contributed by atoms with Crippen LogP contribution >= 0.6 is 0 Å². The second-order valence-electron chi connectivity index (χ2n) is 11.2. The summed E-state index contributed by atoms with van der Waals surface area (Å²) in [5, 5.41) is 2.17. The Labute approximate surface area is 229 Å². The second-order valence-corrected chi connectivity index (χ2v) is 13.2. The summed E-state index contributed by atoms with van der Waals surface area (Å²) in [6, 6.07) is 3.02. The summed E-state index contributed by atoms with van der Waals surface area (Å²) in [6.45, 7) is 6.68. The smallest absolute Gasteiger partial charge is 0.400 e. The van der Waals surface area contributed by atoms with Crippen molar-refractivity contribution >= 4 is 28.3 Å². The molecule has 0 aliphatic heterocycles. The number of benzene rings is 1. The maximum Gasteiger partial charge on any atom is 0.400 e. The number of amides is 1. The van der Waals surface area contributed by atoms with E-state index in [1.54, 1.807) is 26.8 Å². The van der Waals surface area contributed by atoms with Crippen molar-refractivity contribution in [1.82, 2.24) is 20.0 Å². The molecule has 15 heteroatoms. The van der Waals surface area contributed by atoms with Gasteiger partial charge < -0.3 is 14.9 Å². The van der Waals surface area contributed by atoms with Crippen molar-refractivity contribution in [3.05, 3.63) is 29.6 Å². The number of hydrogen-bond donors (Lipinski definition) is 3. The van der Waals surface area contributed by atoms with Gasteiger partial charge in [0.2, 0.25) is 11.8 Å². The van der Waals surface area contributed by atoms with Crippen molar-refractivity contribution in [2.24, 2.45) is 11.8 Å². The molecule has 1 aromatic carbocycles. The first-order chi connectivity index (χ1) is 18.2. The quantitative estimate of drug-likeness (QED) is 0.229. The van der Waals surface area contributed by atoms with Crippen molar-refractivity contribution in [3.63, 3.8) is 0 Å². The number of carbonyl (C=O) groups is 1. The number of fused-ring (bicyclic) bond motifs is 1. The summed E-state index contributed by atoms with van der Waals surface area (Å²) in [5.41, 5.74) is 1.26. The van der Waals surface area contributed by atoms with E-state index in [1.165, 1.54) is 19.1 Å². The minimum Gasteiger partial charge on any atom is -0.598 e. The second kappa shape index (κ2) is 11.6. The highest BCUT2D eigenvalue weighted by Crippen LogP contribution is 2.43. The van der Waals surface area contributed by atoms with Crippen LogP contribution in [-0.2, 0) is 16.2 Å². The minimum atomic E-state index is -5.63. The number of H-pyrrole nitrogens is 1. The fourth-order valence-corrected chi connectivity index (χ4v) is 5.40. The number of carbonyl (C=O) groups excluding carboxylic acids is 1. The number of nitrogens with one attached hydrogen (secondary N) is 3. The monoisotopic (exact) mass is 604 g/mol. The zero-order valence-corrected chi connectivity index (χ0v) is 23.1. The summed E-state index contributed by atoms with van der Waals surface area (Å²) in [6.07, 6.45) is -13.3. The van der Waals surface area contributed by atoms with E-state index < -0.39 is 64.7 Å². The Morgan fingerprint density at radius 2 is 1.70 bits per heavy atom. The average Bonchev–Trinajstić information content (AvgIpc) is 3.22. The number of alkyl halides is 8. The van der Waals surface area contributed by atoms with Gasteiger partial charge in [-0.15, -0.1) is 4.72 Å². The van der Waals surface area contributed by atoms with Crippen LogP contribution in [0.5, 0.6) is 0 Å². The van der Waals surface area contributed by atoms with Gasteiger partial charge in [0.25, 0.3) is 0 Å². The Morgan fingerprint density at radius 3 is 2.23 bits per heavy atom. The summed E-state index contributed by atoms with van der Waals surface area (Å²) in [5.74, 6) is -7.91. The minimum absolute atomic E-state index is 0.175. The largest absolute Gasteiger partial charge is 0.598 e. The zero-order chi connectivity index (χ0) is 30.3. The lowest BCUT2D eigenvalue weighted by Gasteiger charge is -2.35. The molecule has 6 nitrogen and oxygen atoms in total. The predicted octanol–water partition coefficient (Wildman–Crippen LogP) is 6.79. The fraction of sp³-hybridized carbons (Fsp3) is 0.680. The maximum absolute atomic E-state index is 13.8. The number of aromatic amines is 1. The SMILES string of the molecule is C[C@@H](NC(=O)CC(C(F)(F)F)C(F)(F)F)c1ccc2nc([C@@H](N[S@+]([O-])C(C)(C)C)C3CCC(F)(F)CC3)[nH]c2c1. The third-order valence-electron chi connectivity index (χ3n) is 6.90. The van der Waals surface area contributed by atoms with E-state index in [0.29, 0.717) is 22.4 Å². The Balaban J connectivity index is 1.82. The van der Waals surface area contributed by atoms with Gasteiger partial charge in [0.1, 0.15) is 16.6 Å². The molecule has 0 bridgehead atoms. The number of imidazole rings is 1. The molecule has 3 atom stereocenters. The third-order valence-corrected chi connectivity index (χ3v) is 8.48. The zero-order valence-electron chi connectivity index (χ0n) is 22.3. The molecule has 0 radical (unpaired) electrons. The number of hydrogen-bond acceptors (Lipinski definition) is 4. The first-order valence-corrected chi connectivity index (χ1v) is 13.8. The molecular formula is C25H32F8N4O2S. The van der Waals surface area contributed by atoms with Gasteiger partial charge in [-0.3, -0.25) is 4.79 Å². The van der Waals surface area contributed by atoms with Crippen LogP contribution in [0, 0.1) is 11.8 Å². The van der Waals surface area contributed by atoms with Crippen molar-refractivity contribution in [2.75, 3.05) is 0 Å². The van der Waals surface area contributed by atoms with E-state index in [9.17, 15) is 44.5 Å².